The maximum Gasteiger partial charge on any atom is 0.573 e. The van der Waals surface area contributed by atoms with Crippen LogP contribution >= 0.6 is 0 Å². The molecule has 0 bridgehead atoms. The van der Waals surface area contributed by atoms with Crippen molar-refractivity contribution in [2.24, 2.45) is 5.92 Å². The zero-order valence-electron chi connectivity index (χ0n) is 23.0. The summed E-state index contributed by atoms with van der Waals surface area (Å²) in [7, 11) is 0. The first-order valence-corrected chi connectivity index (χ1v) is 14.1. The highest BCUT2D eigenvalue weighted by Gasteiger charge is 2.33. The van der Waals surface area contributed by atoms with Crippen LogP contribution in [0.25, 0.3) is 17.2 Å². The standard InChI is InChI=1S/C33H30F6O3/c1-2-3-19-4-6-20(7-5-19)21-8-10-22(11-9-21)32(40)41-25-13-14-26-24(16-25)18-28(35)30(31(26)36)23-12-15-29(27(34)17-23)42-33(37,38)39/h8-12,15-20H,2-7,13-14H2,1H3. The van der Waals surface area contributed by atoms with Crippen molar-refractivity contribution >= 4 is 12.0 Å². The van der Waals surface area contributed by atoms with Crippen molar-refractivity contribution in [2.45, 2.75) is 70.6 Å². The van der Waals surface area contributed by atoms with E-state index >= 15 is 8.78 Å². The molecule has 42 heavy (non-hydrogen) atoms. The second kappa shape index (κ2) is 12.2. The van der Waals surface area contributed by atoms with Gasteiger partial charge in [0.15, 0.2) is 11.6 Å². The highest BCUT2D eigenvalue weighted by Crippen LogP contribution is 2.39. The van der Waals surface area contributed by atoms with E-state index in [0.29, 0.717) is 23.6 Å². The number of allylic oxidation sites excluding steroid dienone is 1. The fourth-order valence-corrected chi connectivity index (χ4v) is 6.03. The first kappa shape index (κ1) is 29.7. The van der Waals surface area contributed by atoms with Gasteiger partial charge in [0.1, 0.15) is 17.4 Å². The highest BCUT2D eigenvalue weighted by atomic mass is 19.4. The fraction of sp³-hybridized carbons (Fsp3) is 0.364. The highest BCUT2D eigenvalue weighted by molar-refractivity contribution is 5.90. The topological polar surface area (TPSA) is 35.5 Å². The van der Waals surface area contributed by atoms with E-state index in [-0.39, 0.29) is 35.3 Å². The predicted octanol–water partition coefficient (Wildman–Crippen LogP) is 9.89. The van der Waals surface area contributed by atoms with Crippen molar-refractivity contribution < 1.29 is 40.6 Å². The van der Waals surface area contributed by atoms with Crippen LogP contribution < -0.4 is 4.74 Å². The van der Waals surface area contributed by atoms with Gasteiger partial charge in [-0.2, -0.15) is 0 Å². The average Bonchev–Trinajstić information content (AvgIpc) is 2.94. The molecule has 3 aromatic rings. The number of rotatable bonds is 7. The number of alkyl halides is 3. The Bertz CT molecular complexity index is 1490. The lowest BCUT2D eigenvalue weighted by Crippen LogP contribution is -2.18. The van der Waals surface area contributed by atoms with E-state index in [4.69, 9.17) is 4.74 Å². The van der Waals surface area contributed by atoms with E-state index in [0.717, 1.165) is 30.9 Å². The Morgan fingerprint density at radius 1 is 0.905 bits per heavy atom. The average molecular weight is 589 g/mol. The predicted molar refractivity (Wildman–Crippen MR) is 146 cm³/mol. The van der Waals surface area contributed by atoms with E-state index in [2.05, 4.69) is 11.7 Å². The molecule has 0 heterocycles. The number of hydrogen-bond acceptors (Lipinski definition) is 3. The molecule has 0 radical (unpaired) electrons. The van der Waals surface area contributed by atoms with Crippen LogP contribution in [0.15, 0.2) is 54.3 Å². The minimum atomic E-state index is -5.12. The van der Waals surface area contributed by atoms with E-state index in [1.165, 1.54) is 37.3 Å². The van der Waals surface area contributed by atoms with Crippen molar-refractivity contribution in [3.05, 3.63) is 94.0 Å². The largest absolute Gasteiger partial charge is 0.573 e. The number of carbonyl (C=O) groups is 1. The SMILES string of the molecule is CCCC1CCC(c2ccc(C(=O)OC3=Cc4cc(F)c(-c5ccc(OC(F)(F)F)c(F)c5)c(F)c4CC3)cc2)CC1. The summed E-state index contributed by atoms with van der Waals surface area (Å²) in [6.45, 7) is 2.22. The van der Waals surface area contributed by atoms with Crippen LogP contribution in [0.5, 0.6) is 5.75 Å². The summed E-state index contributed by atoms with van der Waals surface area (Å²) in [6, 6.07) is 10.6. The molecule has 5 rings (SSSR count). The van der Waals surface area contributed by atoms with Gasteiger partial charge in [-0.25, -0.2) is 18.0 Å². The molecule has 0 atom stereocenters. The minimum Gasteiger partial charge on any atom is -0.427 e. The van der Waals surface area contributed by atoms with Crippen LogP contribution in [0.3, 0.4) is 0 Å². The summed E-state index contributed by atoms with van der Waals surface area (Å²) >= 11 is 0. The normalized spacial score (nSPS) is 18.7. The van der Waals surface area contributed by atoms with Gasteiger partial charge in [-0.3, -0.25) is 0 Å². The number of hydrogen-bond donors (Lipinski definition) is 0. The molecule has 1 saturated carbocycles. The molecule has 2 aliphatic carbocycles. The number of halogens is 6. The van der Waals surface area contributed by atoms with Gasteiger partial charge in [-0.15, -0.1) is 13.2 Å². The Balaban J connectivity index is 1.28. The minimum absolute atomic E-state index is 0.0744. The van der Waals surface area contributed by atoms with Crippen molar-refractivity contribution in [3.8, 4) is 16.9 Å². The molecule has 0 amide bonds. The number of esters is 1. The van der Waals surface area contributed by atoms with Gasteiger partial charge >= 0.3 is 12.3 Å². The Morgan fingerprint density at radius 2 is 1.62 bits per heavy atom. The smallest absolute Gasteiger partial charge is 0.427 e. The third-order valence-electron chi connectivity index (χ3n) is 8.12. The Labute approximate surface area is 240 Å². The summed E-state index contributed by atoms with van der Waals surface area (Å²) in [4.78, 5) is 12.8. The van der Waals surface area contributed by atoms with Gasteiger partial charge < -0.3 is 9.47 Å². The number of carbonyl (C=O) groups excluding carboxylic acids is 1. The van der Waals surface area contributed by atoms with Crippen molar-refractivity contribution in [2.75, 3.05) is 0 Å². The first-order chi connectivity index (χ1) is 20.0. The molecular formula is C33H30F6O3. The first-order valence-electron chi connectivity index (χ1n) is 14.1. The maximum atomic E-state index is 15.4. The lowest BCUT2D eigenvalue weighted by molar-refractivity contribution is -0.275. The lowest BCUT2D eigenvalue weighted by Gasteiger charge is -2.28. The molecule has 222 valence electrons. The molecule has 1 fully saturated rings. The van der Waals surface area contributed by atoms with Crippen LogP contribution in [0.1, 0.15) is 84.8 Å². The zero-order chi connectivity index (χ0) is 30.0. The van der Waals surface area contributed by atoms with Gasteiger partial charge in [-0.1, -0.05) is 38.0 Å². The number of ether oxygens (including phenoxy) is 2. The molecule has 2 aliphatic rings. The number of fused-ring (bicyclic) bond motifs is 1. The molecule has 0 unspecified atom stereocenters. The molecule has 0 saturated heterocycles. The van der Waals surface area contributed by atoms with Crippen molar-refractivity contribution in [3.63, 3.8) is 0 Å². The van der Waals surface area contributed by atoms with E-state index < -0.39 is 41.1 Å². The number of benzene rings is 3. The van der Waals surface area contributed by atoms with Gasteiger partial charge in [0, 0.05) is 6.42 Å². The van der Waals surface area contributed by atoms with E-state index in [1.54, 1.807) is 12.1 Å². The second-order valence-electron chi connectivity index (χ2n) is 10.9. The summed E-state index contributed by atoms with van der Waals surface area (Å²) < 4.78 is 91.1. The Hall–Kier alpha value is -3.75. The van der Waals surface area contributed by atoms with Crippen molar-refractivity contribution in [1.29, 1.82) is 0 Å². The monoisotopic (exact) mass is 588 g/mol. The quantitative estimate of drug-likeness (QED) is 0.204. The zero-order valence-corrected chi connectivity index (χ0v) is 23.0. The Kier molecular flexibility index (Phi) is 8.66. The third-order valence-corrected chi connectivity index (χ3v) is 8.12. The fourth-order valence-electron chi connectivity index (χ4n) is 6.03. The van der Waals surface area contributed by atoms with E-state index in [1.807, 2.05) is 12.1 Å². The van der Waals surface area contributed by atoms with Crippen LogP contribution in [-0.4, -0.2) is 12.3 Å². The van der Waals surface area contributed by atoms with E-state index in [9.17, 15) is 22.4 Å². The molecule has 0 aromatic heterocycles. The second-order valence-corrected chi connectivity index (χ2v) is 10.9. The summed E-state index contributed by atoms with van der Waals surface area (Å²) in [6.07, 6.45) is 3.72. The molecule has 9 heteroatoms. The third kappa shape index (κ3) is 6.66. The Morgan fingerprint density at radius 3 is 2.26 bits per heavy atom. The molecule has 0 N–H and O–H groups in total. The molecule has 0 spiro atoms. The van der Waals surface area contributed by atoms with Crippen LogP contribution in [0.2, 0.25) is 0 Å². The van der Waals surface area contributed by atoms with Crippen LogP contribution in [0, 0.1) is 23.4 Å². The molecule has 3 nitrogen and oxygen atoms in total. The molecule has 3 aromatic carbocycles. The summed E-state index contributed by atoms with van der Waals surface area (Å²) in [5.74, 6) is -3.56. The van der Waals surface area contributed by atoms with Gasteiger partial charge in [-0.05, 0) is 103 Å². The van der Waals surface area contributed by atoms with Gasteiger partial charge in [0.25, 0.3) is 0 Å². The molecular weight excluding hydrogens is 558 g/mol. The van der Waals surface area contributed by atoms with Gasteiger partial charge in [0.2, 0.25) is 0 Å². The van der Waals surface area contributed by atoms with Crippen LogP contribution in [-0.2, 0) is 11.2 Å². The summed E-state index contributed by atoms with van der Waals surface area (Å²) in [5.41, 5.74) is 1.02. The van der Waals surface area contributed by atoms with Crippen LogP contribution in [0.4, 0.5) is 26.3 Å². The molecule has 0 aliphatic heterocycles. The summed E-state index contributed by atoms with van der Waals surface area (Å²) in [5, 5.41) is 0. The lowest BCUT2D eigenvalue weighted by atomic mass is 9.77. The maximum absolute atomic E-state index is 15.4. The van der Waals surface area contributed by atoms with Gasteiger partial charge in [0.05, 0.1) is 11.1 Å². The van der Waals surface area contributed by atoms with Crippen molar-refractivity contribution in [1.82, 2.24) is 0 Å².